The van der Waals surface area contributed by atoms with E-state index in [1.54, 1.807) is 28.4 Å². The van der Waals surface area contributed by atoms with E-state index in [0.717, 1.165) is 10.1 Å². The second kappa shape index (κ2) is 10.7. The molecule has 2 aromatic heterocycles. The highest BCUT2D eigenvalue weighted by atomic mass is 16.5. The first kappa shape index (κ1) is 24.4. The summed E-state index contributed by atoms with van der Waals surface area (Å²) in [6, 6.07) is 9.40. The van der Waals surface area contributed by atoms with Crippen molar-refractivity contribution < 1.29 is 14.3 Å². The monoisotopic (exact) mass is 482 g/mol. The number of ether oxygens (including phenoxy) is 1. The minimum atomic E-state index is -0.587. The van der Waals surface area contributed by atoms with Gasteiger partial charge in [0.15, 0.2) is 11.2 Å². The molecule has 0 bridgehead atoms. The van der Waals surface area contributed by atoms with Gasteiger partial charge in [0, 0.05) is 46.3 Å². The van der Waals surface area contributed by atoms with Gasteiger partial charge in [-0.05, 0) is 5.56 Å². The summed E-state index contributed by atoms with van der Waals surface area (Å²) in [4.78, 5) is 59.6. The van der Waals surface area contributed by atoms with Crippen LogP contribution < -0.4 is 11.2 Å². The van der Waals surface area contributed by atoms with Crippen molar-refractivity contribution in [2.75, 3.05) is 39.9 Å². The van der Waals surface area contributed by atoms with Gasteiger partial charge >= 0.3 is 5.69 Å². The van der Waals surface area contributed by atoms with Crippen molar-refractivity contribution in [1.82, 2.24) is 28.5 Å². The molecular formula is C24H30N6O5. The van der Waals surface area contributed by atoms with Crippen molar-refractivity contribution in [2.24, 2.45) is 0 Å². The van der Waals surface area contributed by atoms with Crippen LogP contribution in [-0.4, -0.2) is 80.2 Å². The number of methoxy groups -OCH3 is 1. The van der Waals surface area contributed by atoms with Crippen molar-refractivity contribution in [3.63, 3.8) is 0 Å². The number of nitrogens with zero attached hydrogens (tertiary/aromatic N) is 6. The average molecular weight is 483 g/mol. The molecule has 0 aliphatic carbocycles. The number of amides is 2. The van der Waals surface area contributed by atoms with Crippen LogP contribution in [0, 0.1) is 0 Å². The number of hydrogen-bond donors (Lipinski definition) is 0. The Balaban J connectivity index is 1.69. The highest BCUT2D eigenvalue weighted by molar-refractivity contribution is 5.78. The minimum absolute atomic E-state index is 0.0480. The van der Waals surface area contributed by atoms with Crippen LogP contribution in [0.3, 0.4) is 0 Å². The third-order valence-electron chi connectivity index (χ3n) is 6.28. The van der Waals surface area contributed by atoms with Crippen LogP contribution >= 0.6 is 0 Å². The van der Waals surface area contributed by atoms with Gasteiger partial charge in [0.1, 0.15) is 6.54 Å². The summed E-state index contributed by atoms with van der Waals surface area (Å²) in [6.07, 6.45) is 1.93. The number of carbonyl (C=O) groups excluding carboxylic acids is 2. The molecule has 1 fully saturated rings. The third kappa shape index (κ3) is 5.04. The topological polar surface area (TPSA) is 112 Å². The van der Waals surface area contributed by atoms with Gasteiger partial charge in [-0.25, -0.2) is 14.3 Å². The summed E-state index contributed by atoms with van der Waals surface area (Å²) in [5.41, 5.74) is 0.252. The summed E-state index contributed by atoms with van der Waals surface area (Å²) in [6.45, 7) is 4.00. The maximum absolute atomic E-state index is 13.5. The Kier molecular flexibility index (Phi) is 7.45. The van der Waals surface area contributed by atoms with Crippen molar-refractivity contribution in [3.8, 4) is 0 Å². The van der Waals surface area contributed by atoms with Gasteiger partial charge < -0.3 is 19.1 Å². The molecule has 4 rings (SSSR count). The van der Waals surface area contributed by atoms with Crippen molar-refractivity contribution in [2.45, 2.75) is 33.0 Å². The lowest BCUT2D eigenvalue weighted by Crippen LogP contribution is -2.52. The number of hydrogen-bond acceptors (Lipinski definition) is 6. The number of rotatable bonds is 8. The van der Waals surface area contributed by atoms with Crippen LogP contribution in [0.5, 0.6) is 0 Å². The number of benzene rings is 1. The molecule has 0 unspecified atom stereocenters. The normalized spacial score (nSPS) is 14.0. The quantitative estimate of drug-likeness (QED) is 0.451. The fourth-order valence-corrected chi connectivity index (χ4v) is 4.31. The fourth-order valence-electron chi connectivity index (χ4n) is 4.31. The maximum Gasteiger partial charge on any atom is 0.333 e. The van der Waals surface area contributed by atoms with Crippen LogP contribution in [0.2, 0.25) is 0 Å². The molecule has 2 amide bonds. The maximum atomic E-state index is 13.5. The number of aromatic nitrogens is 4. The lowest BCUT2D eigenvalue weighted by molar-refractivity contribution is -0.139. The molecule has 1 aliphatic heterocycles. The Labute approximate surface area is 202 Å². The van der Waals surface area contributed by atoms with E-state index in [4.69, 9.17) is 4.74 Å². The summed E-state index contributed by atoms with van der Waals surface area (Å²) in [5.74, 6) is -0.284. The minimum Gasteiger partial charge on any atom is -0.383 e. The predicted octanol–water partition coefficient (Wildman–Crippen LogP) is 0.135. The van der Waals surface area contributed by atoms with Crippen LogP contribution in [-0.2, 0) is 34.0 Å². The van der Waals surface area contributed by atoms with Gasteiger partial charge in [-0.3, -0.25) is 19.0 Å². The van der Waals surface area contributed by atoms with Gasteiger partial charge in [-0.15, -0.1) is 0 Å². The van der Waals surface area contributed by atoms with Crippen LogP contribution in [0.15, 0.2) is 46.2 Å². The number of carbonyl (C=O) groups is 2. The fraction of sp³-hybridized carbons (Fsp3) is 0.458. The summed E-state index contributed by atoms with van der Waals surface area (Å²) in [5, 5.41) is 0. The molecule has 0 saturated carbocycles. The highest BCUT2D eigenvalue weighted by Crippen LogP contribution is 2.11. The van der Waals surface area contributed by atoms with Gasteiger partial charge in [-0.1, -0.05) is 37.3 Å². The highest BCUT2D eigenvalue weighted by Gasteiger charge is 2.26. The molecular weight excluding hydrogens is 452 g/mol. The molecule has 0 N–H and O–H groups in total. The summed E-state index contributed by atoms with van der Waals surface area (Å²) >= 11 is 0. The molecule has 0 atom stereocenters. The molecule has 0 radical (unpaired) electrons. The molecule has 35 heavy (non-hydrogen) atoms. The Morgan fingerprint density at radius 3 is 2.26 bits per heavy atom. The van der Waals surface area contributed by atoms with E-state index in [9.17, 15) is 19.2 Å². The zero-order valence-corrected chi connectivity index (χ0v) is 20.1. The largest absolute Gasteiger partial charge is 0.383 e. The summed E-state index contributed by atoms with van der Waals surface area (Å²) < 4.78 is 9.22. The zero-order valence-electron chi connectivity index (χ0n) is 20.1. The van der Waals surface area contributed by atoms with Crippen molar-refractivity contribution in [1.29, 1.82) is 0 Å². The van der Waals surface area contributed by atoms with Gasteiger partial charge in [0.25, 0.3) is 5.56 Å². The molecule has 3 heterocycles. The molecule has 3 aromatic rings. The van der Waals surface area contributed by atoms with E-state index in [-0.39, 0.29) is 36.1 Å². The smallest absolute Gasteiger partial charge is 0.333 e. The molecule has 1 aliphatic rings. The molecule has 11 nitrogen and oxygen atoms in total. The number of imidazole rings is 1. The molecule has 0 spiro atoms. The van der Waals surface area contributed by atoms with Gasteiger partial charge in [0.05, 0.1) is 19.5 Å². The van der Waals surface area contributed by atoms with Crippen molar-refractivity contribution in [3.05, 3.63) is 63.1 Å². The van der Waals surface area contributed by atoms with Crippen LogP contribution in [0.4, 0.5) is 0 Å². The van der Waals surface area contributed by atoms with E-state index in [0.29, 0.717) is 45.8 Å². The Bertz CT molecular complexity index is 1320. The lowest BCUT2D eigenvalue weighted by atomic mass is 10.2. The standard InChI is InChI=1S/C24H30N6O5/c1-3-19(31)26-9-11-27(12-10-26)20(32)16-30-23(33)21-22(25-17-28(21)13-14-35-2)29(24(30)34)15-18-7-5-4-6-8-18/h4-8,17H,3,9-16H2,1-2H3. The van der Waals surface area contributed by atoms with Gasteiger partial charge in [0.2, 0.25) is 11.8 Å². The van der Waals surface area contributed by atoms with Gasteiger partial charge in [-0.2, -0.15) is 0 Å². The first-order chi connectivity index (χ1) is 16.9. The third-order valence-corrected chi connectivity index (χ3v) is 6.28. The Hall–Kier alpha value is -3.73. The van der Waals surface area contributed by atoms with E-state index in [2.05, 4.69) is 4.98 Å². The second-order valence-electron chi connectivity index (χ2n) is 8.46. The Morgan fingerprint density at radius 1 is 0.971 bits per heavy atom. The van der Waals surface area contributed by atoms with E-state index in [1.165, 1.54) is 10.9 Å². The SMILES string of the molecule is CCC(=O)N1CCN(C(=O)Cn2c(=O)c3c(ncn3CCOC)n(Cc3ccccc3)c2=O)CC1. The van der Waals surface area contributed by atoms with Crippen molar-refractivity contribution >= 4 is 23.0 Å². The molecule has 1 saturated heterocycles. The molecule has 11 heteroatoms. The predicted molar refractivity (Wildman–Crippen MR) is 129 cm³/mol. The van der Waals surface area contributed by atoms with E-state index in [1.807, 2.05) is 30.3 Å². The lowest BCUT2D eigenvalue weighted by Gasteiger charge is -2.34. The molecule has 186 valence electrons. The van der Waals surface area contributed by atoms with Crippen LogP contribution in [0.25, 0.3) is 11.2 Å². The Morgan fingerprint density at radius 2 is 1.63 bits per heavy atom. The van der Waals surface area contributed by atoms with Crippen LogP contribution in [0.1, 0.15) is 18.9 Å². The van der Waals surface area contributed by atoms with E-state index >= 15 is 0 Å². The summed E-state index contributed by atoms with van der Waals surface area (Å²) in [7, 11) is 1.56. The molecule has 1 aromatic carbocycles. The first-order valence-corrected chi connectivity index (χ1v) is 11.7. The average Bonchev–Trinajstić information content (AvgIpc) is 3.31. The second-order valence-corrected chi connectivity index (χ2v) is 8.46. The first-order valence-electron chi connectivity index (χ1n) is 11.7. The number of fused-ring (bicyclic) bond motifs is 1. The van der Waals surface area contributed by atoms with E-state index < -0.39 is 11.2 Å². The number of piperazine rings is 1. The zero-order chi connectivity index (χ0) is 24.9.